The lowest BCUT2D eigenvalue weighted by atomic mass is 9.78. The van der Waals surface area contributed by atoms with Crippen molar-refractivity contribution >= 4 is 18.3 Å². The minimum Gasteiger partial charge on any atom is -0.340 e. The Balaban J connectivity index is 0.00000176. The zero-order chi connectivity index (χ0) is 14.7. The maximum Gasteiger partial charge on any atom is 0.225 e. The molecule has 2 aliphatic rings. The highest BCUT2D eigenvalue weighted by atomic mass is 35.5. The lowest BCUT2D eigenvalue weighted by Gasteiger charge is -2.36. The summed E-state index contributed by atoms with van der Waals surface area (Å²) in [5.41, 5.74) is 1.44. The highest BCUT2D eigenvalue weighted by Gasteiger charge is 2.31. The van der Waals surface area contributed by atoms with E-state index in [0.29, 0.717) is 17.9 Å². The number of carbonyl (C=O) groups excluding carboxylic acids is 1. The van der Waals surface area contributed by atoms with E-state index in [9.17, 15) is 4.79 Å². The molecule has 1 saturated carbocycles. The van der Waals surface area contributed by atoms with E-state index in [1.165, 1.54) is 5.56 Å². The van der Waals surface area contributed by atoms with Gasteiger partial charge in [0, 0.05) is 31.6 Å². The van der Waals surface area contributed by atoms with Crippen molar-refractivity contribution in [1.82, 2.24) is 10.2 Å². The summed E-state index contributed by atoms with van der Waals surface area (Å²) < 4.78 is 0. The maximum absolute atomic E-state index is 12.6. The molecular weight excluding hydrogens is 296 g/mol. The molecule has 1 aromatic carbocycles. The van der Waals surface area contributed by atoms with Crippen molar-refractivity contribution in [2.45, 2.75) is 44.6 Å². The van der Waals surface area contributed by atoms with Gasteiger partial charge in [0.1, 0.15) is 0 Å². The summed E-state index contributed by atoms with van der Waals surface area (Å²) in [6.07, 6.45) is 4.41. The first kappa shape index (κ1) is 17.3. The van der Waals surface area contributed by atoms with Crippen LogP contribution in [-0.4, -0.2) is 36.5 Å². The van der Waals surface area contributed by atoms with Gasteiger partial charge in [0.25, 0.3) is 0 Å². The number of piperazine rings is 1. The minimum absolute atomic E-state index is 0. The first-order valence-corrected chi connectivity index (χ1v) is 8.31. The van der Waals surface area contributed by atoms with Crippen molar-refractivity contribution in [3.8, 4) is 0 Å². The Morgan fingerprint density at radius 2 is 1.82 bits per heavy atom. The average Bonchev–Trinajstić information content (AvgIpc) is 2.55. The van der Waals surface area contributed by atoms with E-state index in [1.807, 2.05) is 0 Å². The largest absolute Gasteiger partial charge is 0.340 e. The van der Waals surface area contributed by atoms with Gasteiger partial charge in [-0.15, -0.1) is 12.4 Å². The number of hydrogen-bond acceptors (Lipinski definition) is 2. The van der Waals surface area contributed by atoms with Gasteiger partial charge in [0.2, 0.25) is 5.91 Å². The molecule has 1 heterocycles. The highest BCUT2D eigenvalue weighted by molar-refractivity contribution is 5.85. The fraction of sp³-hybridized carbons (Fsp3) is 0.611. The maximum atomic E-state index is 12.6. The summed E-state index contributed by atoms with van der Waals surface area (Å²) in [5, 5.41) is 3.40. The molecule has 1 aromatic rings. The molecule has 0 radical (unpaired) electrons. The molecule has 3 rings (SSSR count). The molecule has 122 valence electrons. The highest BCUT2D eigenvalue weighted by Crippen LogP contribution is 2.36. The first-order valence-electron chi connectivity index (χ1n) is 8.31. The van der Waals surface area contributed by atoms with Gasteiger partial charge in [0.05, 0.1) is 0 Å². The SMILES string of the molecule is CC1CN(C(=O)C2CCC(c3ccccc3)CC2)CCN1.Cl. The van der Waals surface area contributed by atoms with E-state index in [1.54, 1.807) is 0 Å². The lowest BCUT2D eigenvalue weighted by molar-refractivity contribution is -0.137. The van der Waals surface area contributed by atoms with Gasteiger partial charge in [-0.25, -0.2) is 0 Å². The van der Waals surface area contributed by atoms with E-state index < -0.39 is 0 Å². The Morgan fingerprint density at radius 3 is 2.45 bits per heavy atom. The quantitative estimate of drug-likeness (QED) is 0.907. The molecule has 0 spiro atoms. The molecule has 2 fully saturated rings. The predicted octanol–water partition coefficient (Wildman–Crippen LogP) is 3.20. The van der Waals surface area contributed by atoms with E-state index in [2.05, 4.69) is 47.5 Å². The molecule has 4 heteroatoms. The number of rotatable bonds is 2. The number of halogens is 1. The smallest absolute Gasteiger partial charge is 0.225 e. The van der Waals surface area contributed by atoms with Crippen LogP contribution < -0.4 is 5.32 Å². The van der Waals surface area contributed by atoms with E-state index >= 15 is 0 Å². The predicted molar refractivity (Wildman–Crippen MR) is 92.4 cm³/mol. The number of nitrogens with zero attached hydrogens (tertiary/aromatic N) is 1. The van der Waals surface area contributed by atoms with Crippen LogP contribution in [0.1, 0.15) is 44.1 Å². The summed E-state index contributed by atoms with van der Waals surface area (Å²) in [5.74, 6) is 1.31. The van der Waals surface area contributed by atoms with Crippen LogP contribution in [0.5, 0.6) is 0 Å². The second-order valence-electron chi connectivity index (χ2n) is 6.60. The van der Waals surface area contributed by atoms with Gasteiger partial charge >= 0.3 is 0 Å². The fourth-order valence-electron chi connectivity index (χ4n) is 3.79. The number of hydrogen-bond donors (Lipinski definition) is 1. The van der Waals surface area contributed by atoms with Crippen LogP contribution in [0, 0.1) is 5.92 Å². The minimum atomic E-state index is 0. The second kappa shape index (κ2) is 7.98. The molecule has 0 aromatic heterocycles. The van der Waals surface area contributed by atoms with Crippen LogP contribution in [0.25, 0.3) is 0 Å². The van der Waals surface area contributed by atoms with Gasteiger partial charge < -0.3 is 10.2 Å². The zero-order valence-electron chi connectivity index (χ0n) is 13.3. The molecular formula is C18H27ClN2O. The first-order chi connectivity index (χ1) is 10.2. The number of benzene rings is 1. The second-order valence-corrected chi connectivity index (χ2v) is 6.60. The molecule has 1 unspecified atom stereocenters. The van der Waals surface area contributed by atoms with Crippen LogP contribution in [0.4, 0.5) is 0 Å². The third-order valence-corrected chi connectivity index (χ3v) is 5.03. The zero-order valence-corrected chi connectivity index (χ0v) is 14.1. The van der Waals surface area contributed by atoms with E-state index in [-0.39, 0.29) is 18.3 Å². The molecule has 3 nitrogen and oxygen atoms in total. The molecule has 22 heavy (non-hydrogen) atoms. The standard InChI is InChI=1S/C18H26N2O.ClH/c1-14-13-20(12-11-19-14)18(21)17-9-7-16(8-10-17)15-5-3-2-4-6-15;/h2-6,14,16-17,19H,7-13H2,1H3;1H. The van der Waals surface area contributed by atoms with Crippen molar-refractivity contribution in [3.05, 3.63) is 35.9 Å². The van der Waals surface area contributed by atoms with Crippen LogP contribution in [0.15, 0.2) is 30.3 Å². The summed E-state index contributed by atoms with van der Waals surface area (Å²) in [7, 11) is 0. The van der Waals surface area contributed by atoms with Gasteiger partial charge in [-0.05, 0) is 44.1 Å². The Hall–Kier alpha value is -1.06. The van der Waals surface area contributed by atoms with Crippen LogP contribution in [0.2, 0.25) is 0 Å². The van der Waals surface area contributed by atoms with Crippen molar-refractivity contribution < 1.29 is 4.79 Å². The molecule has 1 amide bonds. The van der Waals surface area contributed by atoms with Crippen molar-refractivity contribution in [1.29, 1.82) is 0 Å². The summed E-state index contributed by atoms with van der Waals surface area (Å²) in [6, 6.07) is 11.2. The summed E-state index contributed by atoms with van der Waals surface area (Å²) >= 11 is 0. The Bertz CT molecular complexity index is 471. The third-order valence-electron chi connectivity index (χ3n) is 5.03. The van der Waals surface area contributed by atoms with E-state index in [4.69, 9.17) is 0 Å². The molecule has 1 atom stereocenters. The van der Waals surface area contributed by atoms with Gasteiger partial charge in [-0.3, -0.25) is 4.79 Å². The van der Waals surface area contributed by atoms with Crippen LogP contribution in [-0.2, 0) is 4.79 Å². The number of amides is 1. The number of nitrogens with one attached hydrogen (secondary N) is 1. The van der Waals surface area contributed by atoms with E-state index in [0.717, 1.165) is 45.3 Å². The molecule has 1 N–H and O–H groups in total. The average molecular weight is 323 g/mol. The summed E-state index contributed by atoms with van der Waals surface area (Å²) in [6.45, 7) is 4.84. The van der Waals surface area contributed by atoms with Gasteiger partial charge in [0.15, 0.2) is 0 Å². The Labute approximate surface area is 139 Å². The Morgan fingerprint density at radius 1 is 1.14 bits per heavy atom. The number of carbonyl (C=O) groups is 1. The molecule has 1 aliphatic carbocycles. The van der Waals surface area contributed by atoms with Gasteiger partial charge in [-0.2, -0.15) is 0 Å². The normalized spacial score (nSPS) is 28.8. The topological polar surface area (TPSA) is 32.3 Å². The fourth-order valence-corrected chi connectivity index (χ4v) is 3.79. The molecule has 1 saturated heterocycles. The lowest BCUT2D eigenvalue weighted by Crippen LogP contribution is -2.53. The van der Waals surface area contributed by atoms with Crippen molar-refractivity contribution in [3.63, 3.8) is 0 Å². The summed E-state index contributed by atoms with van der Waals surface area (Å²) in [4.78, 5) is 14.7. The van der Waals surface area contributed by atoms with Crippen molar-refractivity contribution in [2.75, 3.05) is 19.6 Å². The van der Waals surface area contributed by atoms with Crippen molar-refractivity contribution in [2.24, 2.45) is 5.92 Å². The van der Waals surface area contributed by atoms with Crippen LogP contribution in [0.3, 0.4) is 0 Å². The monoisotopic (exact) mass is 322 g/mol. The molecule has 0 bridgehead atoms. The van der Waals surface area contributed by atoms with Gasteiger partial charge in [-0.1, -0.05) is 30.3 Å². The third kappa shape index (κ3) is 4.02. The Kier molecular flexibility index (Phi) is 6.27. The molecule has 1 aliphatic heterocycles. The van der Waals surface area contributed by atoms with Crippen LogP contribution >= 0.6 is 12.4 Å².